The van der Waals surface area contributed by atoms with Gasteiger partial charge in [0.15, 0.2) is 0 Å². The lowest BCUT2D eigenvalue weighted by Gasteiger charge is -2.12. The van der Waals surface area contributed by atoms with E-state index < -0.39 is 6.10 Å². The van der Waals surface area contributed by atoms with Crippen molar-refractivity contribution in [2.45, 2.75) is 13.0 Å². The molecule has 21 heavy (non-hydrogen) atoms. The van der Waals surface area contributed by atoms with Gasteiger partial charge in [0.05, 0.1) is 13.2 Å². The summed E-state index contributed by atoms with van der Waals surface area (Å²) in [6.07, 6.45) is -0.773. The van der Waals surface area contributed by atoms with Crippen LogP contribution in [0.3, 0.4) is 0 Å². The van der Waals surface area contributed by atoms with Crippen LogP contribution in [0.4, 0.5) is 0 Å². The smallest absolute Gasteiger partial charge is 0.271 e. The lowest BCUT2D eigenvalue weighted by atomic mass is 10.1. The Morgan fingerprint density at radius 1 is 1.43 bits per heavy atom. The number of methoxy groups -OCH3 is 1. The fourth-order valence-corrected chi connectivity index (χ4v) is 1.90. The zero-order valence-electron chi connectivity index (χ0n) is 12.3. The highest BCUT2D eigenvalue weighted by Gasteiger charge is 2.13. The third-order valence-corrected chi connectivity index (χ3v) is 3.30. The summed E-state index contributed by atoms with van der Waals surface area (Å²) in [5.74, 6) is 0.421. The van der Waals surface area contributed by atoms with E-state index in [-0.39, 0.29) is 12.5 Å². The molecular weight excluding hydrogens is 270 g/mol. The molecule has 6 heteroatoms. The van der Waals surface area contributed by atoms with Crippen LogP contribution >= 0.6 is 0 Å². The van der Waals surface area contributed by atoms with Gasteiger partial charge in [-0.05, 0) is 30.7 Å². The summed E-state index contributed by atoms with van der Waals surface area (Å²) in [6.45, 7) is 2.00. The van der Waals surface area contributed by atoms with Crippen molar-refractivity contribution < 1.29 is 14.6 Å². The lowest BCUT2D eigenvalue weighted by molar-refractivity contribution is 0.0910. The van der Waals surface area contributed by atoms with Gasteiger partial charge in [0.1, 0.15) is 11.4 Å². The summed E-state index contributed by atoms with van der Waals surface area (Å²) < 4.78 is 6.69. The summed E-state index contributed by atoms with van der Waals surface area (Å²) in [4.78, 5) is 11.9. The van der Waals surface area contributed by atoms with Crippen molar-refractivity contribution in [2.75, 3.05) is 13.7 Å². The van der Waals surface area contributed by atoms with Crippen molar-refractivity contribution in [1.82, 2.24) is 15.1 Å². The van der Waals surface area contributed by atoms with E-state index in [2.05, 4.69) is 10.4 Å². The van der Waals surface area contributed by atoms with Crippen molar-refractivity contribution in [3.05, 3.63) is 47.3 Å². The fraction of sp³-hybridized carbons (Fsp3) is 0.333. The standard InChI is InChI=1S/C15H19N3O3/c1-10-8-13(17-18(10)2)15(20)16-9-14(19)11-4-6-12(21-3)7-5-11/h4-8,14,19H,9H2,1-3H3,(H,16,20). The molecule has 0 aliphatic rings. The largest absolute Gasteiger partial charge is 0.497 e. The number of amides is 1. The van der Waals surface area contributed by atoms with Crippen molar-refractivity contribution in [3.63, 3.8) is 0 Å². The average molecular weight is 289 g/mol. The normalized spacial score (nSPS) is 12.0. The quantitative estimate of drug-likeness (QED) is 0.867. The number of aromatic nitrogens is 2. The highest BCUT2D eigenvalue weighted by Crippen LogP contribution is 2.17. The summed E-state index contributed by atoms with van der Waals surface area (Å²) in [6, 6.07) is 8.77. The average Bonchev–Trinajstić information content (AvgIpc) is 2.84. The molecule has 1 atom stereocenters. The molecule has 0 bridgehead atoms. The van der Waals surface area contributed by atoms with Gasteiger partial charge >= 0.3 is 0 Å². The molecule has 2 N–H and O–H groups in total. The molecule has 1 unspecified atom stereocenters. The van der Waals surface area contributed by atoms with E-state index in [1.54, 1.807) is 49.2 Å². The topological polar surface area (TPSA) is 76.4 Å². The molecular formula is C15H19N3O3. The number of carbonyl (C=O) groups is 1. The highest BCUT2D eigenvalue weighted by atomic mass is 16.5. The predicted octanol–water partition coefficient (Wildman–Crippen LogP) is 1.20. The number of rotatable bonds is 5. The van der Waals surface area contributed by atoms with Crippen LogP contribution in [0.5, 0.6) is 5.75 Å². The van der Waals surface area contributed by atoms with Crippen molar-refractivity contribution in [1.29, 1.82) is 0 Å². The number of aliphatic hydroxyl groups excluding tert-OH is 1. The number of aryl methyl sites for hydroxylation is 2. The molecule has 0 saturated carbocycles. The Morgan fingerprint density at radius 2 is 2.10 bits per heavy atom. The predicted molar refractivity (Wildman–Crippen MR) is 78.2 cm³/mol. The Labute approximate surface area is 123 Å². The summed E-state index contributed by atoms with van der Waals surface area (Å²) in [5, 5.41) is 16.8. The van der Waals surface area contributed by atoms with E-state index in [0.717, 1.165) is 11.4 Å². The summed E-state index contributed by atoms with van der Waals surface area (Å²) in [5.41, 5.74) is 1.96. The zero-order chi connectivity index (χ0) is 15.4. The van der Waals surface area contributed by atoms with Crippen molar-refractivity contribution in [2.24, 2.45) is 7.05 Å². The van der Waals surface area contributed by atoms with Crippen LogP contribution in [0.1, 0.15) is 27.8 Å². The van der Waals surface area contributed by atoms with Gasteiger partial charge in [-0.25, -0.2) is 0 Å². The molecule has 2 aromatic rings. The van der Waals surface area contributed by atoms with Gasteiger partial charge in [-0.3, -0.25) is 9.48 Å². The first kappa shape index (κ1) is 15.1. The fourth-order valence-electron chi connectivity index (χ4n) is 1.90. The van der Waals surface area contributed by atoms with Crippen LogP contribution < -0.4 is 10.1 Å². The molecule has 0 aliphatic carbocycles. The van der Waals surface area contributed by atoms with Crippen LogP contribution in [-0.2, 0) is 7.05 Å². The molecule has 6 nitrogen and oxygen atoms in total. The first-order valence-electron chi connectivity index (χ1n) is 6.62. The number of nitrogens with zero attached hydrogens (tertiary/aromatic N) is 2. The first-order valence-corrected chi connectivity index (χ1v) is 6.62. The second-order valence-corrected chi connectivity index (χ2v) is 4.79. The second kappa shape index (κ2) is 6.41. The number of hydrogen-bond donors (Lipinski definition) is 2. The molecule has 1 amide bonds. The van der Waals surface area contributed by atoms with E-state index in [1.165, 1.54) is 0 Å². The monoisotopic (exact) mass is 289 g/mol. The van der Waals surface area contributed by atoms with E-state index >= 15 is 0 Å². The molecule has 0 radical (unpaired) electrons. The minimum Gasteiger partial charge on any atom is -0.497 e. The molecule has 0 spiro atoms. The molecule has 1 heterocycles. The Kier molecular flexibility index (Phi) is 4.59. The van der Waals surface area contributed by atoms with Crippen LogP contribution in [-0.4, -0.2) is 34.4 Å². The third-order valence-electron chi connectivity index (χ3n) is 3.30. The Hall–Kier alpha value is -2.34. The number of carbonyl (C=O) groups excluding carboxylic acids is 1. The lowest BCUT2D eigenvalue weighted by Crippen LogP contribution is -2.28. The number of hydrogen-bond acceptors (Lipinski definition) is 4. The number of aliphatic hydroxyl groups is 1. The number of nitrogens with one attached hydrogen (secondary N) is 1. The van der Waals surface area contributed by atoms with Crippen LogP contribution in [0.15, 0.2) is 30.3 Å². The Morgan fingerprint density at radius 3 is 2.62 bits per heavy atom. The summed E-state index contributed by atoms with van der Waals surface area (Å²) in [7, 11) is 3.36. The maximum absolute atomic E-state index is 11.9. The third kappa shape index (κ3) is 3.61. The van der Waals surface area contributed by atoms with E-state index in [0.29, 0.717) is 11.3 Å². The minimum absolute atomic E-state index is 0.126. The molecule has 0 aliphatic heterocycles. The highest BCUT2D eigenvalue weighted by molar-refractivity contribution is 5.92. The van der Waals surface area contributed by atoms with E-state index in [9.17, 15) is 9.90 Å². The maximum atomic E-state index is 11.9. The van der Waals surface area contributed by atoms with Gasteiger partial charge < -0.3 is 15.2 Å². The molecule has 0 fully saturated rings. The SMILES string of the molecule is COc1ccc(C(O)CNC(=O)c2cc(C)n(C)n2)cc1. The van der Waals surface area contributed by atoms with E-state index in [4.69, 9.17) is 4.74 Å². The molecule has 1 aromatic carbocycles. The van der Waals surface area contributed by atoms with Crippen molar-refractivity contribution in [3.8, 4) is 5.75 Å². The van der Waals surface area contributed by atoms with Gasteiger partial charge in [0.2, 0.25) is 0 Å². The van der Waals surface area contributed by atoms with Gasteiger partial charge in [0, 0.05) is 19.3 Å². The second-order valence-electron chi connectivity index (χ2n) is 4.79. The maximum Gasteiger partial charge on any atom is 0.271 e. The van der Waals surface area contributed by atoms with E-state index in [1.807, 2.05) is 6.92 Å². The van der Waals surface area contributed by atoms with Crippen molar-refractivity contribution >= 4 is 5.91 Å². The zero-order valence-corrected chi connectivity index (χ0v) is 12.3. The number of ether oxygens (including phenoxy) is 1. The Balaban J connectivity index is 1.93. The van der Waals surface area contributed by atoms with Gasteiger partial charge in [-0.2, -0.15) is 5.10 Å². The van der Waals surface area contributed by atoms with Crippen LogP contribution in [0, 0.1) is 6.92 Å². The molecule has 0 saturated heterocycles. The van der Waals surface area contributed by atoms with Crippen LogP contribution in [0.2, 0.25) is 0 Å². The van der Waals surface area contributed by atoms with Gasteiger partial charge in [0.25, 0.3) is 5.91 Å². The minimum atomic E-state index is -0.773. The first-order chi connectivity index (χ1) is 10.0. The molecule has 2 rings (SSSR count). The summed E-state index contributed by atoms with van der Waals surface area (Å²) >= 11 is 0. The molecule has 1 aromatic heterocycles. The van der Waals surface area contributed by atoms with Gasteiger partial charge in [-0.15, -0.1) is 0 Å². The van der Waals surface area contributed by atoms with Crippen LogP contribution in [0.25, 0.3) is 0 Å². The Bertz CT molecular complexity index is 600. The number of benzene rings is 1. The molecule has 112 valence electrons. The van der Waals surface area contributed by atoms with Gasteiger partial charge in [-0.1, -0.05) is 12.1 Å².